The zero-order chi connectivity index (χ0) is 24.1. The summed E-state index contributed by atoms with van der Waals surface area (Å²) in [6.07, 6.45) is 0.193. The van der Waals surface area contributed by atoms with Crippen LogP contribution >= 0.6 is 0 Å². The number of hydrogen-bond donors (Lipinski definition) is 1. The van der Waals surface area contributed by atoms with Crippen molar-refractivity contribution in [3.63, 3.8) is 0 Å². The van der Waals surface area contributed by atoms with Crippen LogP contribution in [0.15, 0.2) is 48.5 Å². The number of aryl methyl sites for hydroxylation is 3. The molecule has 1 aliphatic rings. The summed E-state index contributed by atoms with van der Waals surface area (Å²) in [5.41, 5.74) is 4.71. The van der Waals surface area contributed by atoms with Crippen molar-refractivity contribution >= 4 is 5.82 Å². The molecule has 2 heterocycles. The Labute approximate surface area is 201 Å². The van der Waals surface area contributed by atoms with Crippen LogP contribution in [0.1, 0.15) is 28.2 Å². The molecule has 3 aromatic rings. The van der Waals surface area contributed by atoms with Crippen LogP contribution in [0.5, 0.6) is 5.75 Å². The third-order valence-electron chi connectivity index (χ3n) is 6.20. The lowest BCUT2D eigenvalue weighted by molar-refractivity contribution is 0.0662. The van der Waals surface area contributed by atoms with Gasteiger partial charge in [0.05, 0.1) is 0 Å². The monoisotopic (exact) mass is 464 g/mol. The van der Waals surface area contributed by atoms with Gasteiger partial charge in [0, 0.05) is 50.4 Å². The first-order chi connectivity index (χ1) is 16.4. The molecular weight excluding hydrogens is 431 g/mol. The standard InChI is InChI=1S/C27H33FN4O2/c1-19-4-6-22(7-5-19)16-26-20(2)29-21(3)30-27(26)32-14-12-31(13-15-32)17-24(33)18-34-25-10-8-23(28)9-11-25/h4-11,24,33H,12-18H2,1-3H3/t24-/m0/s1. The van der Waals surface area contributed by atoms with Gasteiger partial charge in [0.1, 0.15) is 35.9 Å². The number of halogens is 1. The lowest BCUT2D eigenvalue weighted by Gasteiger charge is -2.37. The largest absolute Gasteiger partial charge is 0.491 e. The molecule has 0 spiro atoms. The quantitative estimate of drug-likeness (QED) is 0.549. The Morgan fingerprint density at radius 3 is 2.29 bits per heavy atom. The first-order valence-electron chi connectivity index (χ1n) is 11.8. The first-order valence-corrected chi connectivity index (χ1v) is 11.8. The number of anilines is 1. The topological polar surface area (TPSA) is 61.7 Å². The molecule has 1 N–H and O–H groups in total. The number of hydrogen-bond acceptors (Lipinski definition) is 6. The Balaban J connectivity index is 1.35. The van der Waals surface area contributed by atoms with Gasteiger partial charge in [-0.3, -0.25) is 4.90 Å². The van der Waals surface area contributed by atoms with Gasteiger partial charge in [-0.25, -0.2) is 14.4 Å². The van der Waals surface area contributed by atoms with E-state index in [9.17, 15) is 9.50 Å². The lowest BCUT2D eigenvalue weighted by atomic mass is 10.0. The Bertz CT molecular complexity index is 1080. The van der Waals surface area contributed by atoms with Gasteiger partial charge in [-0.2, -0.15) is 0 Å². The van der Waals surface area contributed by atoms with Crippen molar-refractivity contribution in [1.82, 2.24) is 14.9 Å². The van der Waals surface area contributed by atoms with E-state index >= 15 is 0 Å². The van der Waals surface area contributed by atoms with Crippen LogP contribution in [0.4, 0.5) is 10.2 Å². The minimum Gasteiger partial charge on any atom is -0.491 e. The smallest absolute Gasteiger partial charge is 0.136 e. The van der Waals surface area contributed by atoms with Crippen LogP contribution in [0.2, 0.25) is 0 Å². The van der Waals surface area contributed by atoms with Crippen LogP contribution in [-0.2, 0) is 6.42 Å². The molecular formula is C27H33FN4O2. The van der Waals surface area contributed by atoms with Gasteiger partial charge in [0.25, 0.3) is 0 Å². The summed E-state index contributed by atoms with van der Waals surface area (Å²) in [6, 6.07) is 14.5. The molecule has 0 saturated carbocycles. The summed E-state index contributed by atoms with van der Waals surface area (Å²) in [7, 11) is 0. The molecule has 1 saturated heterocycles. The van der Waals surface area contributed by atoms with Crippen LogP contribution in [-0.4, -0.2) is 65.4 Å². The maximum atomic E-state index is 13.0. The van der Waals surface area contributed by atoms with Crippen molar-refractivity contribution in [2.24, 2.45) is 0 Å². The highest BCUT2D eigenvalue weighted by molar-refractivity contribution is 5.51. The molecule has 6 nitrogen and oxygen atoms in total. The van der Waals surface area contributed by atoms with Crippen molar-refractivity contribution in [2.45, 2.75) is 33.3 Å². The van der Waals surface area contributed by atoms with Gasteiger partial charge in [-0.05, 0) is 50.6 Å². The maximum Gasteiger partial charge on any atom is 0.136 e. The van der Waals surface area contributed by atoms with E-state index in [1.54, 1.807) is 12.1 Å². The molecule has 0 amide bonds. The van der Waals surface area contributed by atoms with Gasteiger partial charge < -0.3 is 14.7 Å². The Hall–Kier alpha value is -3.03. The normalized spacial score (nSPS) is 15.4. The minimum atomic E-state index is -0.614. The number of rotatable bonds is 8. The molecule has 7 heteroatoms. The summed E-state index contributed by atoms with van der Waals surface area (Å²) < 4.78 is 18.6. The van der Waals surface area contributed by atoms with Crippen LogP contribution < -0.4 is 9.64 Å². The van der Waals surface area contributed by atoms with Crippen LogP contribution in [0.25, 0.3) is 0 Å². The molecule has 1 aromatic heterocycles. The Kier molecular flexibility index (Phi) is 7.75. The fourth-order valence-electron chi connectivity index (χ4n) is 4.31. The van der Waals surface area contributed by atoms with E-state index in [0.717, 1.165) is 49.9 Å². The third kappa shape index (κ3) is 6.30. The number of benzene rings is 2. The number of aromatic nitrogens is 2. The number of ether oxygens (including phenoxy) is 1. The number of β-amino-alcohol motifs (C(OH)–C–C–N with tert-alkyl or cyclic N) is 1. The molecule has 1 aliphatic heterocycles. The third-order valence-corrected chi connectivity index (χ3v) is 6.20. The summed E-state index contributed by atoms with van der Waals surface area (Å²) in [6.45, 7) is 10.2. The van der Waals surface area contributed by atoms with Gasteiger partial charge >= 0.3 is 0 Å². The highest BCUT2D eigenvalue weighted by Gasteiger charge is 2.23. The summed E-state index contributed by atoms with van der Waals surface area (Å²) in [5.74, 6) is 2.06. The second-order valence-electron chi connectivity index (χ2n) is 9.03. The van der Waals surface area contributed by atoms with E-state index in [-0.39, 0.29) is 12.4 Å². The van der Waals surface area contributed by atoms with E-state index in [0.29, 0.717) is 12.3 Å². The zero-order valence-electron chi connectivity index (χ0n) is 20.2. The van der Waals surface area contributed by atoms with E-state index in [1.165, 1.54) is 28.8 Å². The lowest BCUT2D eigenvalue weighted by Crippen LogP contribution is -2.49. The molecule has 1 fully saturated rings. The van der Waals surface area contributed by atoms with Crippen LogP contribution in [0.3, 0.4) is 0 Å². The van der Waals surface area contributed by atoms with Crippen molar-refractivity contribution in [1.29, 1.82) is 0 Å². The predicted molar refractivity (Wildman–Crippen MR) is 132 cm³/mol. The number of nitrogens with zero attached hydrogens (tertiary/aromatic N) is 4. The highest BCUT2D eigenvalue weighted by Crippen LogP contribution is 2.25. The minimum absolute atomic E-state index is 0.177. The van der Waals surface area contributed by atoms with Gasteiger partial charge in [0.2, 0.25) is 0 Å². The number of aliphatic hydroxyl groups is 1. The van der Waals surface area contributed by atoms with E-state index in [1.807, 2.05) is 6.92 Å². The molecule has 180 valence electrons. The molecule has 1 atom stereocenters. The van der Waals surface area contributed by atoms with Crippen LogP contribution in [0, 0.1) is 26.6 Å². The number of piperazine rings is 1. The van der Waals surface area contributed by atoms with Crippen molar-refractivity contribution in [3.05, 3.63) is 82.6 Å². The number of aliphatic hydroxyl groups excluding tert-OH is 1. The van der Waals surface area contributed by atoms with Gasteiger partial charge in [0.15, 0.2) is 0 Å². The van der Waals surface area contributed by atoms with Gasteiger partial charge in [-0.1, -0.05) is 29.8 Å². The predicted octanol–water partition coefficient (Wildman–Crippen LogP) is 3.69. The zero-order valence-corrected chi connectivity index (χ0v) is 20.2. The van der Waals surface area contributed by atoms with E-state index in [2.05, 4.69) is 52.9 Å². The molecule has 34 heavy (non-hydrogen) atoms. The Morgan fingerprint density at radius 1 is 0.941 bits per heavy atom. The molecule has 0 radical (unpaired) electrons. The van der Waals surface area contributed by atoms with Gasteiger partial charge in [-0.15, -0.1) is 0 Å². The fraction of sp³-hybridized carbons (Fsp3) is 0.407. The van der Waals surface area contributed by atoms with E-state index < -0.39 is 6.10 Å². The average molecular weight is 465 g/mol. The highest BCUT2D eigenvalue weighted by atomic mass is 19.1. The summed E-state index contributed by atoms with van der Waals surface area (Å²) in [5, 5.41) is 10.4. The average Bonchev–Trinajstić information content (AvgIpc) is 2.82. The molecule has 4 rings (SSSR count). The van der Waals surface area contributed by atoms with Crippen molar-refractivity contribution < 1.29 is 14.2 Å². The molecule has 0 bridgehead atoms. The second kappa shape index (κ2) is 10.9. The maximum absolute atomic E-state index is 13.0. The molecule has 0 unspecified atom stereocenters. The molecule has 2 aromatic carbocycles. The fourth-order valence-corrected chi connectivity index (χ4v) is 4.31. The van der Waals surface area contributed by atoms with Crippen molar-refractivity contribution in [3.8, 4) is 5.75 Å². The summed E-state index contributed by atoms with van der Waals surface area (Å²) in [4.78, 5) is 14.0. The molecule has 0 aliphatic carbocycles. The van der Waals surface area contributed by atoms with E-state index in [4.69, 9.17) is 9.72 Å². The SMILES string of the molecule is Cc1ccc(Cc2c(C)nc(C)nc2N2CCN(C[C@H](O)COc3ccc(F)cc3)CC2)cc1. The first kappa shape index (κ1) is 24.1. The Morgan fingerprint density at radius 2 is 1.62 bits per heavy atom. The second-order valence-corrected chi connectivity index (χ2v) is 9.03. The summed E-state index contributed by atoms with van der Waals surface area (Å²) >= 11 is 0. The van der Waals surface area contributed by atoms with Crippen molar-refractivity contribution in [2.75, 3.05) is 44.2 Å².